The third kappa shape index (κ3) is 17.2. The number of nitrogens with zero attached hydrogens (tertiary/aromatic N) is 1. The van der Waals surface area contributed by atoms with Gasteiger partial charge in [-0.05, 0) is 19.8 Å². The third-order valence-electron chi connectivity index (χ3n) is 5.46. The van der Waals surface area contributed by atoms with Crippen molar-refractivity contribution in [1.29, 1.82) is 0 Å². The maximum absolute atomic E-state index is 11.9. The highest BCUT2D eigenvalue weighted by atomic mass is 16.6. The van der Waals surface area contributed by atoms with Gasteiger partial charge in [0.25, 0.3) is 5.91 Å². The molecule has 0 fully saturated rings. The summed E-state index contributed by atoms with van der Waals surface area (Å²) in [6, 6.07) is 0. The second-order valence-electron chi connectivity index (χ2n) is 8.20. The van der Waals surface area contributed by atoms with Crippen LogP contribution in [0.3, 0.4) is 0 Å². The molecule has 0 rings (SSSR count). The normalized spacial score (nSPS) is 13.5. The summed E-state index contributed by atoms with van der Waals surface area (Å²) in [4.78, 5) is 11.9. The van der Waals surface area contributed by atoms with Crippen LogP contribution in [0, 0.1) is 0 Å². The third-order valence-corrected chi connectivity index (χ3v) is 5.46. The van der Waals surface area contributed by atoms with Crippen molar-refractivity contribution in [3.05, 3.63) is 0 Å². The molecule has 0 aromatic heterocycles. The molecule has 4 nitrogen and oxygen atoms in total. The minimum Gasteiger partial charge on any atom is -0.270 e. The van der Waals surface area contributed by atoms with Crippen LogP contribution in [0.5, 0.6) is 0 Å². The van der Waals surface area contributed by atoms with Crippen LogP contribution in [0.1, 0.15) is 130 Å². The van der Waals surface area contributed by atoms with E-state index >= 15 is 0 Å². The van der Waals surface area contributed by atoms with Gasteiger partial charge in [-0.1, -0.05) is 108 Å². The van der Waals surface area contributed by atoms with Crippen LogP contribution in [-0.2, 0) is 4.79 Å². The Morgan fingerprint density at radius 3 is 1.44 bits per heavy atom. The Morgan fingerprint density at radius 2 is 1.07 bits per heavy atom. The fourth-order valence-electron chi connectivity index (χ4n) is 3.61. The number of carbonyl (C=O) groups excluding carboxylic acids is 1. The van der Waals surface area contributed by atoms with Crippen LogP contribution in [-0.4, -0.2) is 29.0 Å². The summed E-state index contributed by atoms with van der Waals surface area (Å²) < 4.78 is -0.325. The molecule has 0 radical (unpaired) electrons. The standard InChI is InChI=1S/C23H48N2O2/c1-4-7-8-9-10-11-12-13-14-15-16-17-18-19-20-21-23(26)24-25(27,6-3)22-5-2/h27H,4-22H2,1-3H3/p+1/t25-/m0/s1. The molecule has 0 unspecified atom stereocenters. The van der Waals surface area contributed by atoms with Crippen molar-refractivity contribution in [3.63, 3.8) is 0 Å². The highest BCUT2D eigenvalue weighted by molar-refractivity contribution is 5.74. The van der Waals surface area contributed by atoms with Gasteiger partial charge in [0.2, 0.25) is 0 Å². The summed E-state index contributed by atoms with van der Waals surface area (Å²) in [6.45, 7) is 7.26. The molecule has 0 aliphatic rings. The Hall–Kier alpha value is -0.610. The lowest BCUT2D eigenvalue weighted by atomic mass is 10.0. The number of nitrogens with one attached hydrogen (secondary N) is 1. The summed E-state index contributed by atoms with van der Waals surface area (Å²) in [6.07, 6.45) is 21.3. The van der Waals surface area contributed by atoms with E-state index in [1.165, 1.54) is 83.5 Å². The first kappa shape index (κ1) is 26.4. The summed E-state index contributed by atoms with van der Waals surface area (Å²) in [5, 5.41) is 10.2. The lowest BCUT2D eigenvalue weighted by Gasteiger charge is -2.27. The van der Waals surface area contributed by atoms with E-state index in [0.717, 1.165) is 19.3 Å². The van der Waals surface area contributed by atoms with E-state index < -0.39 is 0 Å². The van der Waals surface area contributed by atoms with Gasteiger partial charge in [0.1, 0.15) is 13.1 Å². The number of carbonyl (C=O) groups is 1. The van der Waals surface area contributed by atoms with Gasteiger partial charge in [-0.3, -0.25) is 4.79 Å². The average Bonchev–Trinajstić information content (AvgIpc) is 2.65. The van der Waals surface area contributed by atoms with Gasteiger partial charge in [0.15, 0.2) is 0 Å². The lowest BCUT2D eigenvalue weighted by molar-refractivity contribution is -1.13. The van der Waals surface area contributed by atoms with Gasteiger partial charge in [-0.15, -0.1) is 0 Å². The molecule has 2 N–H and O–H groups in total. The molecule has 27 heavy (non-hydrogen) atoms. The monoisotopic (exact) mass is 385 g/mol. The fourth-order valence-corrected chi connectivity index (χ4v) is 3.61. The molecule has 0 aromatic carbocycles. The molecular formula is C23H49N2O2+. The Kier molecular flexibility index (Phi) is 18.3. The predicted octanol–water partition coefficient (Wildman–Crippen LogP) is 6.92. The quantitative estimate of drug-likeness (QED) is 0.136. The number of unbranched alkanes of at least 4 members (excludes halogenated alkanes) is 14. The van der Waals surface area contributed by atoms with Crippen molar-refractivity contribution in [1.82, 2.24) is 5.43 Å². The summed E-state index contributed by atoms with van der Waals surface area (Å²) in [5.74, 6) is -0.0255. The molecule has 1 amide bonds. The smallest absolute Gasteiger partial charge is 0.267 e. The van der Waals surface area contributed by atoms with Crippen molar-refractivity contribution in [2.75, 3.05) is 13.1 Å². The van der Waals surface area contributed by atoms with E-state index in [0.29, 0.717) is 19.5 Å². The zero-order valence-corrected chi connectivity index (χ0v) is 18.7. The highest BCUT2D eigenvalue weighted by Gasteiger charge is 2.24. The number of quaternary nitrogens is 1. The van der Waals surface area contributed by atoms with Crippen molar-refractivity contribution in [2.45, 2.75) is 130 Å². The van der Waals surface area contributed by atoms with Crippen molar-refractivity contribution in [3.8, 4) is 0 Å². The first-order chi connectivity index (χ1) is 13.1. The van der Waals surface area contributed by atoms with Crippen LogP contribution in [0.4, 0.5) is 0 Å². The van der Waals surface area contributed by atoms with Gasteiger partial charge in [-0.2, -0.15) is 10.6 Å². The van der Waals surface area contributed by atoms with Crippen LogP contribution in [0.2, 0.25) is 0 Å². The molecule has 1 atom stereocenters. The molecule has 0 heterocycles. The van der Waals surface area contributed by atoms with E-state index in [-0.39, 0.29) is 10.7 Å². The zero-order chi connectivity index (χ0) is 20.2. The van der Waals surface area contributed by atoms with E-state index in [2.05, 4.69) is 12.3 Å². The largest absolute Gasteiger partial charge is 0.270 e. The molecule has 0 bridgehead atoms. The predicted molar refractivity (Wildman–Crippen MR) is 115 cm³/mol. The second-order valence-corrected chi connectivity index (χ2v) is 8.20. The fraction of sp³-hybridized carbons (Fsp3) is 0.957. The molecule has 162 valence electrons. The maximum atomic E-state index is 11.9. The number of hydrogen-bond donors (Lipinski definition) is 2. The Bertz CT molecular complexity index is 336. The second kappa shape index (κ2) is 18.7. The van der Waals surface area contributed by atoms with Gasteiger partial charge < -0.3 is 0 Å². The lowest BCUT2D eigenvalue weighted by Crippen LogP contribution is -2.58. The van der Waals surface area contributed by atoms with Gasteiger partial charge >= 0.3 is 0 Å². The number of amides is 1. The number of hydroxylamine groups is 2. The number of hydrogen-bond acceptors (Lipinski definition) is 2. The SMILES string of the molecule is CCCCCCCCCCCCCCCCCC(=O)N[N@+](O)(CC)CCC. The molecule has 0 saturated carbocycles. The van der Waals surface area contributed by atoms with Crippen LogP contribution in [0.15, 0.2) is 0 Å². The molecule has 0 aliphatic carbocycles. The molecular weight excluding hydrogens is 336 g/mol. The Morgan fingerprint density at radius 1 is 0.667 bits per heavy atom. The summed E-state index contributed by atoms with van der Waals surface area (Å²) >= 11 is 0. The maximum Gasteiger partial charge on any atom is 0.267 e. The Balaban J connectivity index is 3.34. The van der Waals surface area contributed by atoms with E-state index in [1.807, 2.05) is 13.8 Å². The minimum absolute atomic E-state index is 0.0255. The minimum atomic E-state index is -0.325. The van der Waals surface area contributed by atoms with Gasteiger partial charge in [0.05, 0.1) is 0 Å². The number of rotatable bonds is 20. The zero-order valence-electron chi connectivity index (χ0n) is 18.7. The van der Waals surface area contributed by atoms with Gasteiger partial charge in [0, 0.05) is 6.42 Å². The Labute approximate surface area is 169 Å². The summed E-state index contributed by atoms with van der Waals surface area (Å²) in [7, 11) is 0. The highest BCUT2D eigenvalue weighted by Crippen LogP contribution is 2.13. The van der Waals surface area contributed by atoms with Crippen molar-refractivity contribution >= 4 is 5.91 Å². The van der Waals surface area contributed by atoms with Crippen molar-refractivity contribution in [2.24, 2.45) is 0 Å². The summed E-state index contributed by atoms with van der Waals surface area (Å²) in [5.41, 5.74) is 2.75. The van der Waals surface area contributed by atoms with Gasteiger partial charge in [-0.25, -0.2) is 0 Å². The first-order valence-corrected chi connectivity index (χ1v) is 12.0. The van der Waals surface area contributed by atoms with E-state index in [4.69, 9.17) is 0 Å². The first-order valence-electron chi connectivity index (χ1n) is 12.0. The van der Waals surface area contributed by atoms with Crippen LogP contribution in [0.25, 0.3) is 0 Å². The van der Waals surface area contributed by atoms with Crippen LogP contribution < -0.4 is 5.43 Å². The molecule has 0 aliphatic heterocycles. The average molecular weight is 386 g/mol. The topological polar surface area (TPSA) is 49.3 Å². The van der Waals surface area contributed by atoms with E-state index in [1.54, 1.807) is 0 Å². The molecule has 0 spiro atoms. The van der Waals surface area contributed by atoms with Crippen molar-refractivity contribution < 1.29 is 14.8 Å². The molecule has 0 saturated heterocycles. The molecule has 0 aromatic rings. The van der Waals surface area contributed by atoms with Crippen LogP contribution >= 0.6 is 0 Å². The van der Waals surface area contributed by atoms with E-state index in [9.17, 15) is 10.0 Å². The molecule has 4 heteroatoms.